The van der Waals surface area contributed by atoms with Crippen LogP contribution >= 0.6 is 11.6 Å². The zero-order chi connectivity index (χ0) is 19.8. The standard InChI is InChI=1S/C16H9Cl2F6N2O/c17-7-1-3-11-9(5-7)13(15(19,20)21)26-12-4-2-8(18)6-10(12)14(25-11,27-13)16(22,23)24/h1-6,17,25-26H/q+1. The Balaban J connectivity index is 2.11. The third-order valence-electron chi connectivity index (χ3n) is 4.46. The van der Waals surface area contributed by atoms with E-state index in [1.165, 1.54) is 12.1 Å². The maximum Gasteiger partial charge on any atom is 0.441 e. The number of hydrogen-bond acceptors (Lipinski definition) is 3. The predicted octanol–water partition coefficient (Wildman–Crippen LogP) is 5.03. The summed E-state index contributed by atoms with van der Waals surface area (Å²) in [6.45, 7) is 0. The van der Waals surface area contributed by atoms with Crippen LogP contribution in [0.5, 0.6) is 0 Å². The lowest BCUT2D eigenvalue weighted by Gasteiger charge is -2.54. The molecule has 0 saturated carbocycles. The van der Waals surface area contributed by atoms with E-state index in [9.17, 15) is 26.3 Å². The maximum absolute atomic E-state index is 14.1. The zero-order valence-electron chi connectivity index (χ0n) is 12.9. The molecule has 2 aromatic rings. The molecule has 3 nitrogen and oxygen atoms in total. The van der Waals surface area contributed by atoms with Gasteiger partial charge in [0.2, 0.25) is 5.02 Å². The summed E-state index contributed by atoms with van der Waals surface area (Å²) in [5.74, 6) is 0. The van der Waals surface area contributed by atoms with Crippen molar-refractivity contribution in [3.63, 3.8) is 0 Å². The van der Waals surface area contributed by atoms with Gasteiger partial charge in [0.25, 0.3) is 11.4 Å². The Hall–Kier alpha value is -1.84. The first-order valence-corrected chi connectivity index (χ1v) is 8.20. The molecule has 2 unspecified atom stereocenters. The molecule has 2 aromatic carbocycles. The van der Waals surface area contributed by atoms with Crippen LogP contribution < -0.4 is 10.6 Å². The maximum atomic E-state index is 14.1. The van der Waals surface area contributed by atoms with Gasteiger partial charge in [0.1, 0.15) is 0 Å². The van der Waals surface area contributed by atoms with Crippen LogP contribution in [0.1, 0.15) is 11.1 Å². The Morgan fingerprint density at radius 1 is 0.815 bits per heavy atom. The van der Waals surface area contributed by atoms with Gasteiger partial charge < -0.3 is 15.4 Å². The topological polar surface area (TPSA) is 33.3 Å². The number of ether oxygens (including phenoxy) is 1. The molecule has 144 valence electrons. The minimum Gasteiger partial charge on any atom is -0.346 e. The van der Waals surface area contributed by atoms with Crippen molar-refractivity contribution in [3.8, 4) is 0 Å². The zero-order valence-corrected chi connectivity index (χ0v) is 14.5. The van der Waals surface area contributed by atoms with Crippen molar-refractivity contribution in [1.29, 1.82) is 0 Å². The van der Waals surface area contributed by atoms with Crippen LogP contribution in [-0.4, -0.2) is 12.4 Å². The number of fused-ring (bicyclic) bond motifs is 6. The van der Waals surface area contributed by atoms with Gasteiger partial charge in [-0.2, -0.15) is 26.3 Å². The van der Waals surface area contributed by atoms with E-state index in [0.717, 1.165) is 24.3 Å². The largest absolute Gasteiger partial charge is 0.441 e. The number of anilines is 2. The molecule has 0 fully saturated rings. The highest BCUT2D eigenvalue weighted by atomic mass is 35.5. The first kappa shape index (κ1) is 18.5. The van der Waals surface area contributed by atoms with Crippen LogP contribution in [-0.2, 0) is 16.2 Å². The summed E-state index contributed by atoms with van der Waals surface area (Å²) in [5, 5.41) is 4.13. The monoisotopic (exact) mass is 429 g/mol. The van der Waals surface area contributed by atoms with Crippen molar-refractivity contribution in [2.45, 2.75) is 23.8 Å². The van der Waals surface area contributed by atoms with Crippen molar-refractivity contribution < 1.29 is 42.7 Å². The minimum absolute atomic E-state index is 0.0194. The molecule has 0 amide bonds. The van der Waals surface area contributed by atoms with Crippen LogP contribution in [0.25, 0.3) is 0 Å². The number of rotatable bonds is 0. The Morgan fingerprint density at radius 3 is 1.81 bits per heavy atom. The minimum atomic E-state index is -5.24. The first-order chi connectivity index (χ1) is 12.4. The van der Waals surface area contributed by atoms with Crippen LogP contribution in [0.3, 0.4) is 0 Å². The molecule has 0 spiro atoms. The summed E-state index contributed by atoms with van der Waals surface area (Å²) in [6, 6.07) is 6.41. The number of nitrogens with one attached hydrogen (secondary N) is 2. The second-order valence-corrected chi connectivity index (χ2v) is 7.02. The molecular weight excluding hydrogens is 421 g/mol. The molecule has 2 heterocycles. The van der Waals surface area contributed by atoms with Gasteiger partial charge in [0.05, 0.1) is 0 Å². The molecule has 27 heavy (non-hydrogen) atoms. The molecule has 2 aliphatic rings. The molecule has 0 aliphatic carbocycles. The Labute approximate surface area is 158 Å². The smallest absolute Gasteiger partial charge is 0.346 e. The van der Waals surface area contributed by atoms with Gasteiger partial charge in [-0.3, -0.25) is 0 Å². The average Bonchev–Trinajstić information content (AvgIpc) is 2.54. The van der Waals surface area contributed by atoms with Gasteiger partial charge in [-0.1, -0.05) is 11.6 Å². The van der Waals surface area contributed by atoms with Crippen molar-refractivity contribution in [2.75, 3.05) is 10.6 Å². The van der Waals surface area contributed by atoms with Gasteiger partial charge in [-0.25, -0.2) is 0 Å². The Bertz CT molecular complexity index is 872. The fourth-order valence-electron chi connectivity index (χ4n) is 3.31. The van der Waals surface area contributed by atoms with Crippen LogP contribution in [0, 0.1) is 11.6 Å². The molecule has 2 N–H and O–H groups in total. The fourth-order valence-corrected chi connectivity index (χ4v) is 3.67. The molecule has 4 rings (SSSR count). The highest BCUT2D eigenvalue weighted by molar-refractivity contribution is 6.30. The van der Waals surface area contributed by atoms with E-state index in [2.05, 4.69) is 10.6 Å². The Morgan fingerprint density at radius 2 is 1.30 bits per heavy atom. The van der Waals surface area contributed by atoms with E-state index >= 15 is 0 Å². The summed E-state index contributed by atoms with van der Waals surface area (Å²) in [6.07, 6.45) is -10.5. The molecule has 0 aromatic heterocycles. The van der Waals surface area contributed by atoms with E-state index in [-0.39, 0.29) is 10.0 Å². The molecule has 2 bridgehead atoms. The Kier molecular flexibility index (Phi) is 3.68. The van der Waals surface area contributed by atoms with Crippen molar-refractivity contribution in [3.05, 3.63) is 57.6 Å². The third-order valence-corrected chi connectivity index (χ3v) is 4.95. The lowest BCUT2D eigenvalue weighted by Crippen LogP contribution is -2.67. The summed E-state index contributed by atoms with van der Waals surface area (Å²) in [4.78, 5) is 0. The van der Waals surface area contributed by atoms with Crippen LogP contribution in [0.2, 0.25) is 10.0 Å². The van der Waals surface area contributed by atoms with Crippen LogP contribution in [0.4, 0.5) is 37.7 Å². The molecule has 0 radical (unpaired) electrons. The number of benzene rings is 2. The SMILES string of the molecule is FC(F)(F)C12Nc3ccc([ClH+])cc3C(C(F)(F)F)(Nc3ccc(Cl)cc31)O2. The number of halogens is 8. The van der Waals surface area contributed by atoms with E-state index in [1.807, 2.05) is 0 Å². The number of hydrogen-bond donors (Lipinski definition) is 2. The van der Waals surface area contributed by atoms with Gasteiger partial charge in [0.15, 0.2) is 11.6 Å². The van der Waals surface area contributed by atoms with E-state index < -0.39 is 46.3 Å². The third kappa shape index (κ3) is 2.41. The summed E-state index contributed by atoms with van der Waals surface area (Å²) >= 11 is 10.7. The second-order valence-electron chi connectivity index (χ2n) is 6.11. The van der Waals surface area contributed by atoms with Gasteiger partial charge in [-0.15, -0.1) is 0 Å². The molecule has 0 saturated heterocycles. The van der Waals surface area contributed by atoms with Crippen LogP contribution in [0.15, 0.2) is 36.4 Å². The second kappa shape index (κ2) is 5.36. The average molecular weight is 430 g/mol. The van der Waals surface area contributed by atoms with E-state index in [4.69, 9.17) is 27.9 Å². The van der Waals surface area contributed by atoms with Gasteiger partial charge >= 0.3 is 12.4 Å². The predicted molar refractivity (Wildman–Crippen MR) is 82.2 cm³/mol. The molecule has 2 atom stereocenters. The highest BCUT2D eigenvalue weighted by Crippen LogP contribution is 2.61. The molecular formula is C16H9Cl2F6N2O+. The van der Waals surface area contributed by atoms with E-state index in [0.29, 0.717) is 0 Å². The summed E-state index contributed by atoms with van der Waals surface area (Å²) in [5.41, 5.74) is -8.89. The lowest BCUT2D eigenvalue weighted by molar-refractivity contribution is -0.369. The van der Waals surface area contributed by atoms with Crippen molar-refractivity contribution >= 4 is 23.0 Å². The van der Waals surface area contributed by atoms with Gasteiger partial charge in [-0.05, 0) is 24.3 Å². The first-order valence-electron chi connectivity index (χ1n) is 7.41. The van der Waals surface area contributed by atoms with E-state index in [1.54, 1.807) is 0 Å². The molecule has 11 heteroatoms. The highest BCUT2D eigenvalue weighted by Gasteiger charge is 2.74. The summed E-state index contributed by atoms with van der Waals surface area (Å²) in [7, 11) is 0. The van der Waals surface area contributed by atoms with Crippen molar-refractivity contribution in [1.82, 2.24) is 0 Å². The fraction of sp³-hybridized carbons (Fsp3) is 0.250. The quantitative estimate of drug-likeness (QED) is 0.576. The molecule has 2 aliphatic heterocycles. The number of alkyl halides is 6. The normalized spacial score (nSPS) is 26.5. The lowest BCUT2D eigenvalue weighted by atomic mass is 9.87. The summed E-state index contributed by atoms with van der Waals surface area (Å²) < 4.78 is 89.4. The van der Waals surface area contributed by atoms with Crippen molar-refractivity contribution in [2.24, 2.45) is 0 Å². The van der Waals surface area contributed by atoms with Gasteiger partial charge in [0, 0.05) is 39.7 Å².